The van der Waals surface area contributed by atoms with E-state index in [4.69, 9.17) is 0 Å². The normalized spacial score (nSPS) is 31.4. The van der Waals surface area contributed by atoms with Crippen molar-refractivity contribution in [2.75, 3.05) is 0 Å². The molecule has 3 rings (SSSR count). The molecule has 1 heterocycles. The van der Waals surface area contributed by atoms with Gasteiger partial charge in [-0.3, -0.25) is 4.79 Å². The third kappa shape index (κ3) is 3.29. The maximum absolute atomic E-state index is 12.6. The summed E-state index contributed by atoms with van der Waals surface area (Å²) >= 11 is 0. The predicted molar refractivity (Wildman–Crippen MR) is 87.9 cm³/mol. The van der Waals surface area contributed by atoms with Gasteiger partial charge in [-0.2, -0.15) is 0 Å². The number of rotatable bonds is 3. The van der Waals surface area contributed by atoms with Gasteiger partial charge in [-0.25, -0.2) is 10.9 Å². The fourth-order valence-corrected chi connectivity index (χ4v) is 3.18. The van der Waals surface area contributed by atoms with E-state index in [2.05, 4.69) is 40.5 Å². The van der Waals surface area contributed by atoms with Gasteiger partial charge in [0, 0.05) is 12.0 Å². The molecule has 1 aromatic rings. The lowest BCUT2D eigenvalue weighted by Crippen LogP contribution is -2.46. The molecule has 4 heteroatoms. The highest BCUT2D eigenvalue weighted by Gasteiger charge is 2.38. The van der Waals surface area contributed by atoms with Gasteiger partial charge >= 0.3 is 0 Å². The molecule has 2 aliphatic rings. The zero-order chi connectivity index (χ0) is 15.4. The molecule has 0 radical (unpaired) electrons. The first kappa shape index (κ1) is 15.0. The fourth-order valence-electron chi connectivity index (χ4n) is 3.18. The number of hydrazine groups is 1. The number of carbonyl (C=O) groups excluding carboxylic acids is 1. The van der Waals surface area contributed by atoms with Crippen molar-refractivity contribution < 1.29 is 4.79 Å². The largest absolute Gasteiger partial charge is 0.348 e. The Kier molecular flexibility index (Phi) is 4.71. The highest BCUT2D eigenvalue weighted by Crippen LogP contribution is 2.24. The van der Waals surface area contributed by atoms with Crippen LogP contribution in [0.2, 0.25) is 0 Å². The van der Waals surface area contributed by atoms with Crippen molar-refractivity contribution in [3.63, 3.8) is 0 Å². The first-order valence-electron chi connectivity index (χ1n) is 7.95. The quantitative estimate of drug-likeness (QED) is 0.802. The molecule has 1 aliphatic heterocycles. The van der Waals surface area contributed by atoms with Crippen molar-refractivity contribution in [3.8, 4) is 0 Å². The third-order valence-corrected chi connectivity index (χ3v) is 4.47. The number of allylic oxidation sites excluding steroid dienone is 3. The van der Waals surface area contributed by atoms with E-state index >= 15 is 0 Å². The number of carbonyl (C=O) groups is 1. The summed E-state index contributed by atoms with van der Waals surface area (Å²) in [6.07, 6.45) is 10.4. The average Bonchev–Trinajstić information content (AvgIpc) is 2.90. The molecular formula is C18H23N3O. The van der Waals surface area contributed by atoms with Gasteiger partial charge in [0.2, 0.25) is 5.91 Å². The number of hydrogen-bond donors (Lipinski definition) is 3. The van der Waals surface area contributed by atoms with Crippen molar-refractivity contribution in [3.05, 3.63) is 60.2 Å². The summed E-state index contributed by atoms with van der Waals surface area (Å²) in [7, 11) is 0. The van der Waals surface area contributed by atoms with Gasteiger partial charge in [-0.1, -0.05) is 54.6 Å². The fraction of sp³-hybridized carbons (Fsp3) is 0.389. The van der Waals surface area contributed by atoms with Gasteiger partial charge in [-0.15, -0.1) is 0 Å². The van der Waals surface area contributed by atoms with Crippen LogP contribution in [0.3, 0.4) is 0 Å². The van der Waals surface area contributed by atoms with Gasteiger partial charge in [0.05, 0.1) is 6.04 Å². The second kappa shape index (κ2) is 6.90. The first-order chi connectivity index (χ1) is 10.8. The van der Waals surface area contributed by atoms with E-state index in [0.717, 1.165) is 18.4 Å². The molecule has 0 saturated carbocycles. The topological polar surface area (TPSA) is 53.2 Å². The zero-order valence-electron chi connectivity index (χ0n) is 12.8. The number of amides is 1. The lowest BCUT2D eigenvalue weighted by molar-refractivity contribution is -0.124. The van der Waals surface area contributed by atoms with Crippen LogP contribution in [-0.4, -0.2) is 18.0 Å². The summed E-state index contributed by atoms with van der Waals surface area (Å²) in [6, 6.07) is 10.1. The summed E-state index contributed by atoms with van der Waals surface area (Å²) in [5, 5.41) is 3.12. The standard InChI is InChI=1S/C18H23N3O/c1-13(14-9-5-4-6-10-14)19-18(22)17-15-11-7-2-3-8-12-16(15)20-21-17/h2-6,8-10,12-13,15-17,20-21H,7,11H2,1H3,(H,19,22)/b3-2-,12-8-/t13-,15?,16?,17?/m1/s1. The molecule has 0 spiro atoms. The highest BCUT2D eigenvalue weighted by atomic mass is 16.2. The minimum Gasteiger partial charge on any atom is -0.348 e. The van der Waals surface area contributed by atoms with E-state index in [9.17, 15) is 4.79 Å². The smallest absolute Gasteiger partial charge is 0.239 e. The zero-order valence-corrected chi connectivity index (χ0v) is 12.8. The van der Waals surface area contributed by atoms with E-state index in [-0.39, 0.29) is 30.0 Å². The summed E-state index contributed by atoms with van der Waals surface area (Å²) < 4.78 is 0. The molecule has 0 bridgehead atoms. The second-order valence-electron chi connectivity index (χ2n) is 5.99. The molecule has 1 saturated heterocycles. The Hall–Kier alpha value is -1.91. The summed E-state index contributed by atoms with van der Waals surface area (Å²) in [4.78, 5) is 12.6. The average molecular weight is 297 g/mol. The van der Waals surface area contributed by atoms with Crippen molar-refractivity contribution in [2.45, 2.75) is 37.9 Å². The van der Waals surface area contributed by atoms with E-state index in [1.165, 1.54) is 0 Å². The molecule has 4 atom stereocenters. The van der Waals surface area contributed by atoms with E-state index in [1.807, 2.05) is 37.3 Å². The van der Waals surface area contributed by atoms with Crippen LogP contribution in [0.15, 0.2) is 54.6 Å². The van der Waals surface area contributed by atoms with Crippen molar-refractivity contribution in [1.29, 1.82) is 0 Å². The molecule has 1 aliphatic carbocycles. The van der Waals surface area contributed by atoms with E-state index in [0.29, 0.717) is 0 Å². The summed E-state index contributed by atoms with van der Waals surface area (Å²) in [5.74, 6) is 0.346. The minimum absolute atomic E-state index is 0.0125. The Morgan fingerprint density at radius 2 is 2.05 bits per heavy atom. The van der Waals surface area contributed by atoms with Crippen LogP contribution < -0.4 is 16.2 Å². The summed E-state index contributed by atoms with van der Waals surface area (Å²) in [6.45, 7) is 2.02. The molecule has 3 N–H and O–H groups in total. The van der Waals surface area contributed by atoms with Crippen molar-refractivity contribution in [2.24, 2.45) is 5.92 Å². The second-order valence-corrected chi connectivity index (χ2v) is 5.99. The Balaban J connectivity index is 1.65. The van der Waals surface area contributed by atoms with Crippen molar-refractivity contribution >= 4 is 5.91 Å². The van der Waals surface area contributed by atoms with Crippen LogP contribution in [-0.2, 0) is 4.79 Å². The molecule has 1 aromatic carbocycles. The third-order valence-electron chi connectivity index (χ3n) is 4.47. The first-order valence-corrected chi connectivity index (χ1v) is 7.95. The lowest BCUT2D eigenvalue weighted by atomic mass is 9.87. The Labute approximate surface area is 131 Å². The van der Waals surface area contributed by atoms with Crippen LogP contribution in [0.1, 0.15) is 31.4 Å². The van der Waals surface area contributed by atoms with Crippen LogP contribution in [0, 0.1) is 5.92 Å². The SMILES string of the molecule is C[C@@H](NC(=O)C1NNC2/C=C\C=C/CCC21)c1ccccc1. The maximum atomic E-state index is 12.6. The number of nitrogens with one attached hydrogen (secondary N) is 3. The van der Waals surface area contributed by atoms with E-state index in [1.54, 1.807) is 0 Å². The van der Waals surface area contributed by atoms with Crippen LogP contribution in [0.4, 0.5) is 0 Å². The molecule has 0 aromatic heterocycles. The Morgan fingerprint density at radius 3 is 2.86 bits per heavy atom. The molecule has 3 unspecified atom stereocenters. The molecule has 1 amide bonds. The Bertz CT molecular complexity index is 567. The van der Waals surface area contributed by atoms with Gasteiger partial charge in [0.15, 0.2) is 0 Å². The van der Waals surface area contributed by atoms with Gasteiger partial charge in [0.25, 0.3) is 0 Å². The molecular weight excluding hydrogens is 274 g/mol. The predicted octanol–water partition coefficient (Wildman–Crippen LogP) is 2.23. The minimum atomic E-state index is -0.188. The van der Waals surface area contributed by atoms with Crippen LogP contribution in [0.25, 0.3) is 0 Å². The number of fused-ring (bicyclic) bond motifs is 1. The highest BCUT2D eigenvalue weighted by molar-refractivity contribution is 5.83. The Morgan fingerprint density at radius 1 is 1.23 bits per heavy atom. The van der Waals surface area contributed by atoms with E-state index < -0.39 is 0 Å². The molecule has 4 nitrogen and oxygen atoms in total. The van der Waals surface area contributed by atoms with Crippen LogP contribution in [0.5, 0.6) is 0 Å². The molecule has 116 valence electrons. The number of benzene rings is 1. The van der Waals surface area contributed by atoms with Gasteiger partial charge < -0.3 is 5.32 Å². The van der Waals surface area contributed by atoms with Crippen molar-refractivity contribution in [1.82, 2.24) is 16.2 Å². The number of hydrogen-bond acceptors (Lipinski definition) is 3. The monoisotopic (exact) mass is 297 g/mol. The lowest BCUT2D eigenvalue weighted by Gasteiger charge is -2.23. The molecule has 22 heavy (non-hydrogen) atoms. The molecule has 1 fully saturated rings. The van der Waals surface area contributed by atoms with Crippen LogP contribution >= 0.6 is 0 Å². The van der Waals surface area contributed by atoms with Gasteiger partial charge in [-0.05, 0) is 25.3 Å². The summed E-state index contributed by atoms with van der Waals surface area (Å²) in [5.41, 5.74) is 7.53. The van der Waals surface area contributed by atoms with Gasteiger partial charge in [0.1, 0.15) is 6.04 Å². The maximum Gasteiger partial charge on any atom is 0.239 e.